The molecule has 1 aromatic heterocycles. The third kappa shape index (κ3) is 4.91. The lowest BCUT2D eigenvalue weighted by Crippen LogP contribution is -2.57. The molecule has 1 aromatic rings. The third-order valence-electron chi connectivity index (χ3n) is 8.25. The fourth-order valence-corrected chi connectivity index (χ4v) is 5.90. The molecule has 0 bridgehead atoms. The van der Waals surface area contributed by atoms with Crippen LogP contribution in [0.2, 0.25) is 0 Å². The van der Waals surface area contributed by atoms with Crippen LogP contribution in [0.5, 0.6) is 0 Å². The number of likely N-dealkylation sites (tertiary alicyclic amines) is 1. The number of piperidine rings is 1. The second kappa shape index (κ2) is 9.38. The lowest BCUT2D eigenvalue weighted by atomic mass is 9.85. The van der Waals surface area contributed by atoms with Gasteiger partial charge in [-0.25, -0.2) is 0 Å². The summed E-state index contributed by atoms with van der Waals surface area (Å²) in [4.78, 5) is 45.6. The van der Waals surface area contributed by atoms with Gasteiger partial charge in [-0.05, 0) is 54.6 Å². The van der Waals surface area contributed by atoms with E-state index in [0.29, 0.717) is 19.5 Å². The van der Waals surface area contributed by atoms with Crippen LogP contribution in [0.3, 0.4) is 0 Å². The Balaban J connectivity index is 1.53. The van der Waals surface area contributed by atoms with Crippen LogP contribution in [0, 0.1) is 46.8 Å². The molecule has 0 radical (unpaired) electrons. The number of carbonyl (C=O) groups is 3. The topological polar surface area (TPSA) is 127 Å². The number of carbonyl (C=O) groups excluding carboxylic acids is 3. The van der Waals surface area contributed by atoms with Gasteiger partial charge in [-0.3, -0.25) is 19.4 Å². The van der Waals surface area contributed by atoms with Crippen LogP contribution >= 0.6 is 0 Å². The van der Waals surface area contributed by atoms with Gasteiger partial charge in [0.15, 0.2) is 0 Å². The number of rotatable bonds is 7. The Hall–Kier alpha value is -3.15. The summed E-state index contributed by atoms with van der Waals surface area (Å²) in [5, 5.41) is 18.7. The van der Waals surface area contributed by atoms with E-state index in [1.807, 2.05) is 39.8 Å². The number of nitriles is 1. The minimum absolute atomic E-state index is 0.0391. The number of nitrogens with one attached hydrogen (secondary N) is 3. The lowest BCUT2D eigenvalue weighted by molar-refractivity contribution is -0.142. The van der Waals surface area contributed by atoms with Crippen LogP contribution in [0.4, 0.5) is 5.69 Å². The van der Waals surface area contributed by atoms with Crippen molar-refractivity contribution < 1.29 is 14.4 Å². The number of hydrogen-bond donors (Lipinski definition) is 3. The molecule has 9 nitrogen and oxygen atoms in total. The first-order valence-electron chi connectivity index (χ1n) is 12.8. The molecule has 1 saturated carbocycles. The highest BCUT2D eigenvalue weighted by Crippen LogP contribution is 2.65. The summed E-state index contributed by atoms with van der Waals surface area (Å²) in [6.07, 6.45) is 2.65. The van der Waals surface area contributed by atoms with E-state index in [2.05, 4.69) is 40.9 Å². The Morgan fingerprint density at radius 2 is 2.06 bits per heavy atom. The predicted molar refractivity (Wildman–Crippen MR) is 135 cm³/mol. The molecule has 194 valence electrons. The smallest absolute Gasteiger partial charge is 0.246 e. The van der Waals surface area contributed by atoms with Gasteiger partial charge >= 0.3 is 0 Å². The normalized spacial score (nSPS) is 27.9. The maximum Gasteiger partial charge on any atom is 0.246 e. The highest BCUT2D eigenvalue weighted by molar-refractivity contribution is 5.93. The quantitative estimate of drug-likeness (QED) is 0.533. The first-order chi connectivity index (χ1) is 16.8. The van der Waals surface area contributed by atoms with Crippen molar-refractivity contribution in [3.05, 3.63) is 24.0 Å². The van der Waals surface area contributed by atoms with Crippen LogP contribution < -0.4 is 16.0 Å². The standard InChI is InChI=1S/C27H38N6O3/c1-15-7-8-17(13-30-15)31-22(26(2,3)4)25(36)33-14-19-20(27(19,5)6)21(33)24(35)32-18(12-28)11-16-9-10-29-23(16)34/h7-8,13,16,18-22,31H,9-11,14H2,1-6H3,(H,29,34)(H,32,35)/t16-,18?,19-,20-,21-,22?/m0/s1. The zero-order valence-corrected chi connectivity index (χ0v) is 22.1. The Bertz CT molecular complexity index is 1070. The summed E-state index contributed by atoms with van der Waals surface area (Å²) in [5.74, 6) is -0.516. The second-order valence-electron chi connectivity index (χ2n) is 12.2. The molecule has 1 aliphatic carbocycles. The number of nitrogens with zero attached hydrogens (tertiary/aromatic N) is 3. The third-order valence-corrected chi connectivity index (χ3v) is 8.25. The van der Waals surface area contributed by atoms with E-state index in [1.165, 1.54) is 0 Å². The first-order valence-corrected chi connectivity index (χ1v) is 12.8. The first kappa shape index (κ1) is 25.9. The van der Waals surface area contributed by atoms with Crippen molar-refractivity contribution in [3.8, 4) is 6.07 Å². The van der Waals surface area contributed by atoms with Crippen LogP contribution in [-0.4, -0.2) is 58.8 Å². The van der Waals surface area contributed by atoms with E-state index in [9.17, 15) is 19.6 Å². The number of aromatic nitrogens is 1. The number of amides is 3. The molecule has 3 amide bonds. The van der Waals surface area contributed by atoms with Gasteiger partial charge in [-0.15, -0.1) is 0 Å². The van der Waals surface area contributed by atoms with Crippen LogP contribution in [0.15, 0.2) is 18.3 Å². The molecule has 6 atom stereocenters. The minimum atomic E-state index is -0.778. The molecule has 0 spiro atoms. The van der Waals surface area contributed by atoms with Gasteiger partial charge in [0.25, 0.3) is 0 Å². The molecular formula is C27H38N6O3. The van der Waals surface area contributed by atoms with Gasteiger partial charge in [-0.2, -0.15) is 5.26 Å². The SMILES string of the molecule is Cc1ccc(NC(C(=O)N2C[C@H]3[C@@H]([C@H]2C(=O)NC(C#N)C[C@@H]2CCNC2=O)C3(C)C)C(C)(C)C)cn1. The van der Waals surface area contributed by atoms with E-state index < -0.39 is 23.5 Å². The molecule has 2 unspecified atom stereocenters. The summed E-state index contributed by atoms with van der Waals surface area (Å²) in [7, 11) is 0. The second-order valence-corrected chi connectivity index (χ2v) is 12.2. The Kier molecular flexibility index (Phi) is 6.76. The molecule has 3 aliphatic rings. The molecule has 3 fully saturated rings. The van der Waals surface area contributed by atoms with Gasteiger partial charge in [0.2, 0.25) is 17.7 Å². The Labute approximate surface area is 213 Å². The molecule has 4 rings (SSSR count). The highest BCUT2D eigenvalue weighted by Gasteiger charge is 2.69. The Morgan fingerprint density at radius 3 is 2.61 bits per heavy atom. The average molecular weight is 495 g/mol. The summed E-state index contributed by atoms with van der Waals surface area (Å²) in [5.41, 5.74) is 1.17. The van der Waals surface area contributed by atoms with Gasteiger partial charge in [-0.1, -0.05) is 34.6 Å². The molecule has 9 heteroatoms. The number of fused-ring (bicyclic) bond motifs is 1. The van der Waals surface area contributed by atoms with Crippen molar-refractivity contribution in [2.24, 2.45) is 28.6 Å². The summed E-state index contributed by atoms with van der Waals surface area (Å²) in [6.45, 7) is 13.3. The van der Waals surface area contributed by atoms with Crippen molar-refractivity contribution in [2.45, 2.75) is 72.5 Å². The highest BCUT2D eigenvalue weighted by atomic mass is 16.2. The lowest BCUT2D eigenvalue weighted by Gasteiger charge is -2.38. The molecule has 2 aliphatic heterocycles. The molecule has 3 N–H and O–H groups in total. The minimum Gasteiger partial charge on any atom is -0.372 e. The van der Waals surface area contributed by atoms with Crippen molar-refractivity contribution >= 4 is 23.4 Å². The number of pyridine rings is 1. The largest absolute Gasteiger partial charge is 0.372 e. The fourth-order valence-electron chi connectivity index (χ4n) is 5.90. The number of hydrogen-bond acceptors (Lipinski definition) is 6. The predicted octanol–water partition coefficient (Wildman–Crippen LogP) is 2.23. The monoisotopic (exact) mass is 494 g/mol. The van der Waals surface area contributed by atoms with Gasteiger partial charge in [0.05, 0.1) is 18.0 Å². The van der Waals surface area contributed by atoms with E-state index in [4.69, 9.17) is 0 Å². The van der Waals surface area contributed by atoms with E-state index in [1.54, 1.807) is 11.1 Å². The van der Waals surface area contributed by atoms with Gasteiger partial charge in [0.1, 0.15) is 18.1 Å². The average Bonchev–Trinajstić information content (AvgIpc) is 3.16. The summed E-state index contributed by atoms with van der Waals surface area (Å²) < 4.78 is 0. The summed E-state index contributed by atoms with van der Waals surface area (Å²) >= 11 is 0. The molecule has 36 heavy (non-hydrogen) atoms. The zero-order valence-electron chi connectivity index (χ0n) is 22.1. The summed E-state index contributed by atoms with van der Waals surface area (Å²) in [6, 6.07) is 3.95. The van der Waals surface area contributed by atoms with E-state index >= 15 is 0 Å². The van der Waals surface area contributed by atoms with Crippen LogP contribution in [-0.2, 0) is 14.4 Å². The van der Waals surface area contributed by atoms with E-state index in [0.717, 1.165) is 11.4 Å². The van der Waals surface area contributed by atoms with Crippen molar-refractivity contribution in [1.29, 1.82) is 5.26 Å². The van der Waals surface area contributed by atoms with Crippen molar-refractivity contribution in [3.63, 3.8) is 0 Å². The fraction of sp³-hybridized carbons (Fsp3) is 0.667. The molecular weight excluding hydrogens is 456 g/mol. The van der Waals surface area contributed by atoms with Crippen molar-refractivity contribution in [1.82, 2.24) is 20.5 Å². The number of aryl methyl sites for hydroxylation is 1. The van der Waals surface area contributed by atoms with Crippen LogP contribution in [0.1, 0.15) is 53.2 Å². The van der Waals surface area contributed by atoms with Gasteiger partial charge < -0.3 is 20.9 Å². The Morgan fingerprint density at radius 1 is 1.33 bits per heavy atom. The van der Waals surface area contributed by atoms with Gasteiger partial charge in [0, 0.05) is 24.7 Å². The molecule has 3 heterocycles. The molecule has 0 aromatic carbocycles. The number of anilines is 1. The van der Waals surface area contributed by atoms with Crippen LogP contribution in [0.25, 0.3) is 0 Å². The van der Waals surface area contributed by atoms with Crippen molar-refractivity contribution in [2.75, 3.05) is 18.4 Å². The van der Waals surface area contributed by atoms with E-state index in [-0.39, 0.29) is 47.3 Å². The maximum atomic E-state index is 14.0. The zero-order chi connectivity index (χ0) is 26.4. The maximum absolute atomic E-state index is 14.0. The molecule has 2 saturated heterocycles.